The van der Waals surface area contributed by atoms with E-state index in [1.165, 1.54) is 0 Å². The summed E-state index contributed by atoms with van der Waals surface area (Å²) in [6.07, 6.45) is 2.08. The number of nitrogens with zero attached hydrogens (tertiary/aromatic N) is 1. The molecule has 0 aromatic carbocycles. The molecule has 3 heteroatoms. The van der Waals surface area contributed by atoms with Gasteiger partial charge in [-0.05, 0) is 18.8 Å². The molecule has 1 aliphatic rings. The third-order valence-electron chi connectivity index (χ3n) is 1.78. The summed E-state index contributed by atoms with van der Waals surface area (Å²) < 4.78 is 14.2. The fourth-order valence-electron chi connectivity index (χ4n) is 1.06. The van der Waals surface area contributed by atoms with E-state index in [4.69, 9.17) is 0 Å². The molecule has 0 saturated carbocycles. The van der Waals surface area contributed by atoms with Crippen LogP contribution in [-0.4, -0.2) is 22.9 Å². The lowest BCUT2D eigenvalue weighted by Crippen LogP contribution is -2.26. The van der Waals surface area contributed by atoms with Crippen LogP contribution in [0, 0.1) is 5.92 Å². The van der Waals surface area contributed by atoms with Crippen molar-refractivity contribution in [2.75, 3.05) is 19.8 Å². The Kier molecular flexibility index (Phi) is 3.18. The van der Waals surface area contributed by atoms with Crippen molar-refractivity contribution in [3.63, 3.8) is 0 Å². The van der Waals surface area contributed by atoms with E-state index in [0.29, 0.717) is 5.92 Å². The van der Waals surface area contributed by atoms with Gasteiger partial charge in [0, 0.05) is 36.0 Å². The molecular weight excluding hydrogens is 232 g/mol. The summed E-state index contributed by atoms with van der Waals surface area (Å²) in [5.74, 6) is 0.357. The molecule has 0 atom stereocenters. The molecule has 0 bridgehead atoms. The van der Waals surface area contributed by atoms with Gasteiger partial charge in [-0.15, -0.1) is 0 Å². The van der Waals surface area contributed by atoms with Crippen molar-refractivity contribution in [3.8, 4) is 0 Å². The van der Waals surface area contributed by atoms with Crippen LogP contribution in [0.25, 0.3) is 0 Å². The Morgan fingerprint density at radius 3 is 2.44 bits per heavy atom. The van der Waals surface area contributed by atoms with Crippen molar-refractivity contribution in [3.05, 3.63) is 0 Å². The van der Waals surface area contributed by atoms with Crippen LogP contribution in [0.1, 0.15) is 12.8 Å². The summed E-state index contributed by atoms with van der Waals surface area (Å²) >= 11 is 2.29. The van der Waals surface area contributed by atoms with Crippen LogP contribution in [0.15, 0.2) is 0 Å². The lowest BCUT2D eigenvalue weighted by molar-refractivity contribution is 0.254. The first-order valence-corrected chi connectivity index (χ1v) is 4.26. The summed E-state index contributed by atoms with van der Waals surface area (Å²) in [6.45, 7) is 2.01. The zero-order chi connectivity index (χ0) is 6.69. The molecule has 9 heavy (non-hydrogen) atoms. The van der Waals surface area contributed by atoms with E-state index in [9.17, 15) is 4.39 Å². The van der Waals surface area contributed by atoms with Crippen molar-refractivity contribution >= 4 is 22.9 Å². The monoisotopic (exact) mass is 243 g/mol. The first kappa shape index (κ1) is 7.72. The van der Waals surface area contributed by atoms with Crippen LogP contribution in [0.3, 0.4) is 0 Å². The largest absolute Gasteiger partial charge is 0.251 e. The number of hydrogen-bond acceptors (Lipinski definition) is 1. The molecule has 1 rings (SSSR count). The molecule has 1 fully saturated rings. The van der Waals surface area contributed by atoms with Gasteiger partial charge < -0.3 is 0 Å². The van der Waals surface area contributed by atoms with E-state index in [-0.39, 0.29) is 6.67 Å². The second kappa shape index (κ2) is 3.71. The van der Waals surface area contributed by atoms with Crippen LogP contribution in [0.2, 0.25) is 0 Å². The maximum Gasteiger partial charge on any atom is 0.0923 e. The van der Waals surface area contributed by atoms with Gasteiger partial charge in [-0.2, -0.15) is 0 Å². The minimum atomic E-state index is -0.121. The van der Waals surface area contributed by atoms with Crippen LogP contribution in [-0.2, 0) is 0 Å². The topological polar surface area (TPSA) is 3.24 Å². The first-order chi connectivity index (χ1) is 4.33. The Morgan fingerprint density at radius 1 is 1.44 bits per heavy atom. The molecule has 54 valence electrons. The molecular formula is C6H11FIN. The van der Waals surface area contributed by atoms with Gasteiger partial charge in [0.05, 0.1) is 6.67 Å². The minimum absolute atomic E-state index is 0.121. The Labute approximate surface area is 69.1 Å². The van der Waals surface area contributed by atoms with E-state index >= 15 is 0 Å². The smallest absolute Gasteiger partial charge is 0.0923 e. The Bertz CT molecular complexity index is 81.1. The fourth-order valence-corrected chi connectivity index (χ4v) is 1.61. The van der Waals surface area contributed by atoms with Gasteiger partial charge in [0.15, 0.2) is 0 Å². The molecule has 0 aliphatic carbocycles. The van der Waals surface area contributed by atoms with Crippen molar-refractivity contribution in [1.82, 2.24) is 3.11 Å². The molecule has 0 spiro atoms. The fraction of sp³-hybridized carbons (Fsp3) is 1.00. The number of alkyl halides is 1. The van der Waals surface area contributed by atoms with Crippen LogP contribution < -0.4 is 0 Å². The third-order valence-corrected chi connectivity index (χ3v) is 2.74. The van der Waals surface area contributed by atoms with Gasteiger partial charge in [0.25, 0.3) is 0 Å². The molecule has 1 saturated heterocycles. The predicted molar refractivity (Wildman–Crippen MR) is 44.3 cm³/mol. The highest BCUT2D eigenvalue weighted by Gasteiger charge is 2.16. The summed E-state index contributed by atoms with van der Waals surface area (Å²) in [7, 11) is 0. The Morgan fingerprint density at radius 2 is 2.00 bits per heavy atom. The maximum atomic E-state index is 12.0. The lowest BCUT2D eigenvalue weighted by Gasteiger charge is -2.25. The molecule has 0 radical (unpaired) electrons. The highest BCUT2D eigenvalue weighted by Crippen LogP contribution is 2.19. The van der Waals surface area contributed by atoms with Crippen LogP contribution in [0.5, 0.6) is 0 Å². The van der Waals surface area contributed by atoms with Gasteiger partial charge in [-0.3, -0.25) is 4.39 Å². The van der Waals surface area contributed by atoms with Crippen LogP contribution in [0.4, 0.5) is 4.39 Å². The van der Waals surface area contributed by atoms with E-state index < -0.39 is 0 Å². The molecule has 0 aromatic heterocycles. The minimum Gasteiger partial charge on any atom is -0.251 e. The zero-order valence-electron chi connectivity index (χ0n) is 5.32. The second-order valence-corrected chi connectivity index (χ2v) is 3.87. The summed E-state index contributed by atoms with van der Waals surface area (Å²) in [6, 6.07) is 0. The molecule has 1 heterocycles. The van der Waals surface area contributed by atoms with Crippen LogP contribution >= 0.6 is 22.9 Å². The third kappa shape index (κ3) is 2.37. The molecule has 1 aliphatic heterocycles. The Hall–Kier alpha value is 0.620. The van der Waals surface area contributed by atoms with Gasteiger partial charge in [0.1, 0.15) is 0 Å². The zero-order valence-corrected chi connectivity index (χ0v) is 7.47. The van der Waals surface area contributed by atoms with E-state index in [2.05, 4.69) is 26.0 Å². The summed E-state index contributed by atoms with van der Waals surface area (Å²) in [5, 5.41) is 0. The van der Waals surface area contributed by atoms with Crippen molar-refractivity contribution in [2.24, 2.45) is 5.92 Å². The summed E-state index contributed by atoms with van der Waals surface area (Å²) in [5.41, 5.74) is 0. The first-order valence-electron chi connectivity index (χ1n) is 3.29. The van der Waals surface area contributed by atoms with Gasteiger partial charge in [-0.25, -0.2) is 3.11 Å². The Balaban J connectivity index is 2.18. The van der Waals surface area contributed by atoms with E-state index in [1.807, 2.05) is 0 Å². The molecule has 0 unspecified atom stereocenters. The van der Waals surface area contributed by atoms with Crippen molar-refractivity contribution < 1.29 is 4.39 Å². The van der Waals surface area contributed by atoms with Crippen molar-refractivity contribution in [2.45, 2.75) is 12.8 Å². The van der Waals surface area contributed by atoms with Gasteiger partial charge >= 0.3 is 0 Å². The molecule has 0 amide bonds. The van der Waals surface area contributed by atoms with Gasteiger partial charge in [0.2, 0.25) is 0 Å². The lowest BCUT2D eigenvalue weighted by atomic mass is 10.0. The average Bonchev–Trinajstić information content (AvgIpc) is 1.90. The van der Waals surface area contributed by atoms with Crippen molar-refractivity contribution in [1.29, 1.82) is 0 Å². The standard InChI is InChI=1S/C6H11FIN/c7-5-6-1-3-9(8)4-2-6/h6H,1-5H2. The van der Waals surface area contributed by atoms with E-state index in [0.717, 1.165) is 25.9 Å². The SMILES string of the molecule is FCC1CCN(I)CC1. The second-order valence-electron chi connectivity index (χ2n) is 2.51. The highest BCUT2D eigenvalue weighted by atomic mass is 127. The summed E-state index contributed by atoms with van der Waals surface area (Å²) in [4.78, 5) is 0. The predicted octanol–water partition coefficient (Wildman–Crippen LogP) is 2.02. The normalized spacial score (nSPS) is 24.7. The molecule has 0 N–H and O–H groups in total. The molecule has 0 aromatic rings. The highest BCUT2D eigenvalue weighted by molar-refractivity contribution is 14.1. The maximum absolute atomic E-state index is 12.0. The number of hydrogen-bond donors (Lipinski definition) is 0. The van der Waals surface area contributed by atoms with Gasteiger partial charge in [-0.1, -0.05) is 0 Å². The number of piperidine rings is 1. The average molecular weight is 243 g/mol. The molecule has 1 nitrogen and oxygen atoms in total. The van der Waals surface area contributed by atoms with E-state index in [1.54, 1.807) is 0 Å². The quantitative estimate of drug-likeness (QED) is 0.503. The number of rotatable bonds is 1. The number of halogens is 2.